The zero-order chi connectivity index (χ0) is 30.9. The van der Waals surface area contributed by atoms with E-state index in [0.29, 0.717) is 11.4 Å². The molecule has 0 spiro atoms. The average molecular weight is 604 g/mol. The van der Waals surface area contributed by atoms with E-state index in [4.69, 9.17) is 13.8 Å². The van der Waals surface area contributed by atoms with Gasteiger partial charge in [0.15, 0.2) is 0 Å². The second-order valence-electron chi connectivity index (χ2n) is 11.9. The maximum atomic E-state index is 6.23. The molecule has 0 amide bonds. The first kappa shape index (κ1) is 25.8. The summed E-state index contributed by atoms with van der Waals surface area (Å²) in [6, 6.07) is 48.8. The molecule has 220 valence electrons. The van der Waals surface area contributed by atoms with Crippen LogP contribution < -0.4 is 4.90 Å². The van der Waals surface area contributed by atoms with Crippen LogP contribution in [-0.4, -0.2) is 9.97 Å². The normalized spacial score (nSPS) is 11.8. The number of anilines is 3. The summed E-state index contributed by atoms with van der Waals surface area (Å²) in [7, 11) is 0. The highest BCUT2D eigenvalue weighted by Crippen LogP contribution is 2.44. The van der Waals surface area contributed by atoms with E-state index in [-0.39, 0.29) is 0 Å². The van der Waals surface area contributed by atoms with Crippen LogP contribution in [0.1, 0.15) is 0 Å². The lowest BCUT2D eigenvalue weighted by Crippen LogP contribution is -2.11. The lowest BCUT2D eigenvalue weighted by Gasteiger charge is -2.26. The lowest BCUT2D eigenvalue weighted by molar-refractivity contribution is 0.653. The summed E-state index contributed by atoms with van der Waals surface area (Å²) < 4.78 is 12.3. The molecule has 0 atom stereocenters. The maximum absolute atomic E-state index is 6.23. The third-order valence-corrected chi connectivity index (χ3v) is 9.16. The molecule has 0 bridgehead atoms. The highest BCUT2D eigenvalue weighted by molar-refractivity contribution is 6.13. The van der Waals surface area contributed by atoms with Gasteiger partial charge in [0.05, 0.1) is 28.3 Å². The van der Waals surface area contributed by atoms with Crippen molar-refractivity contribution in [1.82, 2.24) is 9.97 Å². The van der Waals surface area contributed by atoms with Crippen molar-refractivity contribution >= 4 is 82.7 Å². The molecule has 0 aliphatic carbocycles. The Morgan fingerprint density at radius 1 is 0.468 bits per heavy atom. The van der Waals surface area contributed by atoms with Crippen LogP contribution in [0.5, 0.6) is 0 Å². The van der Waals surface area contributed by atoms with Crippen molar-refractivity contribution in [2.24, 2.45) is 0 Å². The fourth-order valence-corrected chi connectivity index (χ4v) is 6.98. The molecule has 10 rings (SSSR count). The molecule has 0 aliphatic heterocycles. The van der Waals surface area contributed by atoms with Gasteiger partial charge in [0.2, 0.25) is 11.4 Å². The monoisotopic (exact) mass is 603 g/mol. The summed E-state index contributed by atoms with van der Waals surface area (Å²) in [6.45, 7) is 0. The van der Waals surface area contributed by atoms with Crippen molar-refractivity contribution in [3.05, 3.63) is 152 Å². The Hall–Kier alpha value is -6.46. The molecule has 0 unspecified atom stereocenters. The highest BCUT2D eigenvalue weighted by Gasteiger charge is 2.22. The fourth-order valence-electron chi connectivity index (χ4n) is 6.98. The van der Waals surface area contributed by atoms with Gasteiger partial charge in [-0.3, -0.25) is 0 Å². The summed E-state index contributed by atoms with van der Waals surface area (Å²) in [5.41, 5.74) is 8.08. The number of para-hydroxylation sites is 2. The number of rotatable bonds is 4. The molecular formula is C42H25N3O2. The Labute approximate surface area is 268 Å². The highest BCUT2D eigenvalue weighted by atomic mass is 16.3. The van der Waals surface area contributed by atoms with E-state index in [9.17, 15) is 0 Å². The third-order valence-electron chi connectivity index (χ3n) is 9.16. The molecule has 6 aromatic carbocycles. The maximum Gasteiger partial charge on any atom is 0.229 e. The molecule has 0 radical (unpaired) electrons. The van der Waals surface area contributed by atoms with Crippen molar-refractivity contribution in [3.8, 4) is 11.1 Å². The standard InChI is InChI=1S/C42H25N3O2/c1-2-10-32-27(8-1)9-7-13-33(32)28-17-16-26-18-19-30(23-29(26)22-28)45(31-24-36-34-11-3-5-14-38(34)46-41(36)44-25-31)37-20-21-43-42-40(37)35-12-4-6-15-39(35)47-42/h1-25H. The van der Waals surface area contributed by atoms with Crippen LogP contribution in [0, 0.1) is 0 Å². The van der Waals surface area contributed by atoms with E-state index < -0.39 is 0 Å². The molecule has 4 heterocycles. The van der Waals surface area contributed by atoms with Crippen molar-refractivity contribution < 1.29 is 8.83 Å². The van der Waals surface area contributed by atoms with Crippen LogP contribution in [0.2, 0.25) is 0 Å². The number of fused-ring (bicyclic) bond motifs is 8. The first-order chi connectivity index (χ1) is 23.3. The van der Waals surface area contributed by atoms with E-state index in [1.54, 1.807) is 0 Å². The number of hydrogen-bond acceptors (Lipinski definition) is 5. The van der Waals surface area contributed by atoms with Gasteiger partial charge in [0, 0.05) is 22.7 Å². The number of hydrogen-bond donors (Lipinski definition) is 0. The molecule has 0 aliphatic rings. The second kappa shape index (κ2) is 10.0. The molecule has 5 nitrogen and oxygen atoms in total. The summed E-state index contributed by atoms with van der Waals surface area (Å²) in [4.78, 5) is 11.7. The van der Waals surface area contributed by atoms with E-state index in [0.717, 1.165) is 55.2 Å². The number of pyridine rings is 2. The Balaban J connectivity index is 1.23. The summed E-state index contributed by atoms with van der Waals surface area (Å²) in [6.07, 6.45) is 3.70. The number of aromatic nitrogens is 2. The van der Waals surface area contributed by atoms with Crippen LogP contribution in [0.25, 0.3) is 76.8 Å². The first-order valence-corrected chi connectivity index (χ1v) is 15.6. The van der Waals surface area contributed by atoms with Gasteiger partial charge in [-0.2, -0.15) is 0 Å². The van der Waals surface area contributed by atoms with Gasteiger partial charge in [-0.05, 0) is 75.1 Å². The minimum atomic E-state index is 0.593. The predicted molar refractivity (Wildman–Crippen MR) is 192 cm³/mol. The minimum absolute atomic E-state index is 0.593. The van der Waals surface area contributed by atoms with Gasteiger partial charge in [0.25, 0.3) is 0 Å². The Kier molecular flexibility index (Phi) is 5.51. The van der Waals surface area contributed by atoms with Gasteiger partial charge >= 0.3 is 0 Å². The van der Waals surface area contributed by atoms with Crippen LogP contribution in [0.3, 0.4) is 0 Å². The summed E-state index contributed by atoms with van der Waals surface area (Å²) >= 11 is 0. The molecule has 0 saturated carbocycles. The SMILES string of the molecule is c1ccc2c(-c3ccc4ccc(N(c5cnc6oc7ccccc7c6c5)c5ccnc6oc7ccccc7c56)cc4c3)cccc2c1. The molecule has 0 saturated heterocycles. The third kappa shape index (κ3) is 4.03. The van der Waals surface area contributed by atoms with E-state index in [2.05, 4.69) is 113 Å². The van der Waals surface area contributed by atoms with Gasteiger partial charge in [-0.15, -0.1) is 0 Å². The zero-order valence-electron chi connectivity index (χ0n) is 25.1. The van der Waals surface area contributed by atoms with Crippen molar-refractivity contribution in [2.45, 2.75) is 0 Å². The number of furan rings is 2. The topological polar surface area (TPSA) is 55.3 Å². The smallest absolute Gasteiger partial charge is 0.229 e. The second-order valence-corrected chi connectivity index (χ2v) is 11.9. The molecule has 47 heavy (non-hydrogen) atoms. The molecule has 4 aromatic heterocycles. The minimum Gasteiger partial charge on any atom is -0.438 e. The predicted octanol–water partition coefficient (Wildman–Crippen LogP) is 11.7. The fraction of sp³-hybridized carbons (Fsp3) is 0. The Morgan fingerprint density at radius 2 is 1.21 bits per heavy atom. The van der Waals surface area contributed by atoms with Gasteiger partial charge in [-0.1, -0.05) is 97.1 Å². The van der Waals surface area contributed by atoms with E-state index >= 15 is 0 Å². The van der Waals surface area contributed by atoms with Gasteiger partial charge in [0.1, 0.15) is 11.2 Å². The number of nitrogens with zero attached hydrogens (tertiary/aromatic N) is 3. The summed E-state index contributed by atoms with van der Waals surface area (Å²) in [5, 5.41) is 8.73. The van der Waals surface area contributed by atoms with Crippen molar-refractivity contribution in [3.63, 3.8) is 0 Å². The van der Waals surface area contributed by atoms with E-state index in [1.807, 2.05) is 48.8 Å². The molecule has 5 heteroatoms. The first-order valence-electron chi connectivity index (χ1n) is 15.6. The molecule has 0 N–H and O–H groups in total. The van der Waals surface area contributed by atoms with Crippen LogP contribution in [0.4, 0.5) is 17.1 Å². The Bertz CT molecular complexity index is 2820. The lowest BCUT2D eigenvalue weighted by atomic mass is 9.96. The molecule has 10 aromatic rings. The van der Waals surface area contributed by atoms with Gasteiger partial charge < -0.3 is 13.7 Å². The van der Waals surface area contributed by atoms with Crippen LogP contribution in [-0.2, 0) is 0 Å². The Morgan fingerprint density at radius 3 is 2.13 bits per heavy atom. The molecule has 0 fully saturated rings. The average Bonchev–Trinajstić information content (AvgIpc) is 3.70. The largest absolute Gasteiger partial charge is 0.438 e. The number of benzene rings is 6. The molecular weight excluding hydrogens is 578 g/mol. The quantitative estimate of drug-likeness (QED) is 0.200. The van der Waals surface area contributed by atoms with Crippen molar-refractivity contribution in [2.75, 3.05) is 4.90 Å². The van der Waals surface area contributed by atoms with E-state index in [1.165, 1.54) is 27.3 Å². The van der Waals surface area contributed by atoms with Crippen molar-refractivity contribution in [1.29, 1.82) is 0 Å². The van der Waals surface area contributed by atoms with Crippen LogP contribution in [0.15, 0.2) is 161 Å². The van der Waals surface area contributed by atoms with Crippen LogP contribution >= 0.6 is 0 Å². The van der Waals surface area contributed by atoms with Gasteiger partial charge in [-0.25, -0.2) is 9.97 Å². The zero-order valence-corrected chi connectivity index (χ0v) is 25.1. The summed E-state index contributed by atoms with van der Waals surface area (Å²) in [5.74, 6) is 0.